The molecule has 3 aromatic heterocycles. The van der Waals surface area contributed by atoms with Crippen molar-refractivity contribution in [1.29, 1.82) is 0 Å². The predicted octanol–water partition coefficient (Wildman–Crippen LogP) is 3.02. The number of quaternary nitrogens is 1. The minimum Gasteiger partial charge on any atom is -0.492 e. The van der Waals surface area contributed by atoms with Gasteiger partial charge in [-0.2, -0.15) is 9.75 Å². The van der Waals surface area contributed by atoms with Crippen molar-refractivity contribution in [1.82, 2.24) is 29.6 Å². The molecule has 1 saturated heterocycles. The summed E-state index contributed by atoms with van der Waals surface area (Å²) in [6, 6.07) is 9.60. The first-order chi connectivity index (χ1) is 20.8. The number of likely N-dealkylation sites (N-methyl/N-ethyl adjacent to an activating group) is 1. The summed E-state index contributed by atoms with van der Waals surface area (Å²) in [5.74, 6) is 1.02. The Labute approximate surface area is 251 Å². The maximum atomic E-state index is 13.6. The number of carbonyl (C=O) groups excluding carboxylic acids is 1. The first-order valence-electron chi connectivity index (χ1n) is 15.2. The van der Waals surface area contributed by atoms with E-state index < -0.39 is 0 Å². The smallest absolute Gasteiger partial charge is 0.270 e. The van der Waals surface area contributed by atoms with Crippen LogP contribution >= 0.6 is 0 Å². The minimum atomic E-state index is -0.201. The highest BCUT2D eigenvalue weighted by molar-refractivity contribution is 5.98. The Morgan fingerprint density at radius 3 is 2.84 bits per heavy atom. The van der Waals surface area contributed by atoms with E-state index in [1.54, 1.807) is 10.6 Å². The van der Waals surface area contributed by atoms with Gasteiger partial charge in [0.2, 0.25) is 0 Å². The second-order valence-corrected chi connectivity index (χ2v) is 12.3. The highest BCUT2D eigenvalue weighted by Gasteiger charge is 2.45. The quantitative estimate of drug-likeness (QED) is 0.373. The highest BCUT2D eigenvalue weighted by Crippen LogP contribution is 2.43. The summed E-state index contributed by atoms with van der Waals surface area (Å²) in [4.78, 5) is 25.1. The van der Waals surface area contributed by atoms with Crippen LogP contribution in [0.25, 0.3) is 5.65 Å². The van der Waals surface area contributed by atoms with Gasteiger partial charge in [-0.05, 0) is 50.0 Å². The molecular formula is C32H39N8O3+. The van der Waals surface area contributed by atoms with E-state index in [1.165, 1.54) is 0 Å². The molecule has 1 amide bonds. The number of aryl methyl sites for hydroxylation is 1. The fourth-order valence-corrected chi connectivity index (χ4v) is 6.23. The number of hydrogen-bond acceptors (Lipinski definition) is 8. The Bertz CT molecular complexity index is 1610. The van der Waals surface area contributed by atoms with Crippen LogP contribution in [0.3, 0.4) is 0 Å². The van der Waals surface area contributed by atoms with Crippen molar-refractivity contribution in [3.8, 4) is 5.75 Å². The predicted molar refractivity (Wildman–Crippen MR) is 161 cm³/mol. The molecule has 224 valence electrons. The van der Waals surface area contributed by atoms with Gasteiger partial charge in [-0.3, -0.25) is 24.1 Å². The summed E-state index contributed by atoms with van der Waals surface area (Å²) >= 11 is 0. The molecule has 2 fully saturated rings. The van der Waals surface area contributed by atoms with Gasteiger partial charge in [-0.25, -0.2) is 10.2 Å². The molecule has 2 unspecified atom stereocenters. The highest BCUT2D eigenvalue weighted by atomic mass is 16.5. The average Bonchev–Trinajstić information content (AvgIpc) is 3.64. The molecule has 2 aliphatic heterocycles. The molecular weight excluding hydrogens is 544 g/mol. The fourth-order valence-electron chi connectivity index (χ4n) is 6.23. The van der Waals surface area contributed by atoms with Crippen LogP contribution in [0.1, 0.15) is 34.7 Å². The first-order valence-corrected chi connectivity index (χ1v) is 15.2. The van der Waals surface area contributed by atoms with E-state index >= 15 is 0 Å². The van der Waals surface area contributed by atoms with Gasteiger partial charge in [-0.1, -0.05) is 18.2 Å². The molecule has 43 heavy (non-hydrogen) atoms. The van der Waals surface area contributed by atoms with E-state index in [-0.39, 0.29) is 22.5 Å². The zero-order valence-electron chi connectivity index (χ0n) is 24.8. The van der Waals surface area contributed by atoms with E-state index in [0.717, 1.165) is 68.4 Å². The van der Waals surface area contributed by atoms with Crippen LogP contribution in [-0.4, -0.2) is 98.2 Å². The van der Waals surface area contributed by atoms with E-state index in [1.807, 2.05) is 56.6 Å². The molecule has 2 atom stereocenters. The lowest BCUT2D eigenvalue weighted by atomic mass is 9.86. The van der Waals surface area contributed by atoms with E-state index in [4.69, 9.17) is 9.84 Å². The van der Waals surface area contributed by atoms with Crippen LogP contribution in [0, 0.1) is 18.8 Å². The molecule has 2 N–H and O–H groups in total. The van der Waals surface area contributed by atoms with Gasteiger partial charge < -0.3 is 10.1 Å². The minimum absolute atomic E-state index is 0.00965. The molecule has 0 spiro atoms. The number of imidazole rings is 1. The summed E-state index contributed by atoms with van der Waals surface area (Å²) in [5.41, 5.74) is 5.36. The maximum Gasteiger partial charge on any atom is 0.270 e. The number of pyridine rings is 2. The van der Waals surface area contributed by atoms with Crippen LogP contribution in [0.5, 0.6) is 5.75 Å². The Hall–Kier alpha value is -4.06. The number of carbonyl (C=O) groups is 1. The number of piperazine rings is 1. The Balaban J connectivity index is 1.01. The van der Waals surface area contributed by atoms with Gasteiger partial charge in [0, 0.05) is 30.2 Å². The molecule has 7 rings (SSSR count). The maximum absolute atomic E-state index is 13.6. The van der Waals surface area contributed by atoms with Gasteiger partial charge >= 0.3 is 0 Å². The number of hydrazone groups is 1. The van der Waals surface area contributed by atoms with Crippen LogP contribution in [0.4, 0.5) is 0 Å². The molecule has 2 aliphatic carbocycles. The third-order valence-corrected chi connectivity index (χ3v) is 8.86. The number of amides is 1. The van der Waals surface area contributed by atoms with Gasteiger partial charge in [0.15, 0.2) is 0 Å². The summed E-state index contributed by atoms with van der Waals surface area (Å²) < 4.78 is 7.89. The molecule has 0 aromatic carbocycles. The monoisotopic (exact) mass is 583 g/mol. The second-order valence-electron chi connectivity index (χ2n) is 12.3. The zero-order valence-corrected chi connectivity index (χ0v) is 24.8. The number of rotatable bonds is 9. The van der Waals surface area contributed by atoms with Crippen LogP contribution in [-0.2, 0) is 6.54 Å². The number of hydrogen-bond donors (Lipinski definition) is 2. The molecule has 0 radical (unpaired) electrons. The second kappa shape index (κ2) is 11.2. The Kier molecular flexibility index (Phi) is 7.24. The third kappa shape index (κ3) is 5.93. The van der Waals surface area contributed by atoms with Gasteiger partial charge in [0.25, 0.3) is 5.91 Å². The van der Waals surface area contributed by atoms with E-state index in [2.05, 4.69) is 37.3 Å². The molecule has 4 aliphatic rings. The lowest BCUT2D eigenvalue weighted by Crippen LogP contribution is -2.55. The molecule has 11 nitrogen and oxygen atoms in total. The Morgan fingerprint density at radius 2 is 2.05 bits per heavy atom. The summed E-state index contributed by atoms with van der Waals surface area (Å²) in [7, 11) is 1.84. The zero-order chi connectivity index (χ0) is 29.6. The lowest BCUT2D eigenvalue weighted by Gasteiger charge is -2.35. The van der Waals surface area contributed by atoms with Crippen molar-refractivity contribution in [3.05, 3.63) is 83.7 Å². The molecule has 1 saturated carbocycles. The number of fused-ring (bicyclic) bond motifs is 2. The lowest BCUT2D eigenvalue weighted by molar-refractivity contribution is -1.09. The van der Waals surface area contributed by atoms with Crippen LogP contribution in [0.2, 0.25) is 0 Å². The largest absolute Gasteiger partial charge is 0.492 e. The van der Waals surface area contributed by atoms with Crippen LogP contribution < -0.4 is 10.1 Å². The number of hydroxylamine groups is 3. The normalized spacial score (nSPS) is 23.2. The number of nitrogens with one attached hydrogen (secondary N) is 1. The van der Waals surface area contributed by atoms with Gasteiger partial charge in [0.05, 0.1) is 56.2 Å². The number of allylic oxidation sites excluding steroid dienone is 2. The third-order valence-electron chi connectivity index (χ3n) is 8.86. The first kappa shape index (κ1) is 27.8. The molecule has 3 aromatic rings. The van der Waals surface area contributed by atoms with E-state index in [9.17, 15) is 10.0 Å². The Morgan fingerprint density at radius 1 is 1.21 bits per heavy atom. The van der Waals surface area contributed by atoms with Crippen molar-refractivity contribution in [2.24, 2.45) is 16.9 Å². The van der Waals surface area contributed by atoms with Crippen molar-refractivity contribution in [2.75, 3.05) is 46.4 Å². The number of nitrogens with zero attached hydrogens (tertiary/aromatic N) is 7. The summed E-state index contributed by atoms with van der Waals surface area (Å²) in [5, 5.41) is 20.5. The summed E-state index contributed by atoms with van der Waals surface area (Å²) in [6.45, 7) is 7.08. The van der Waals surface area contributed by atoms with Crippen molar-refractivity contribution in [3.63, 3.8) is 0 Å². The fraction of sp³-hybridized carbons (Fsp3) is 0.438. The standard InChI is InChI=1S/C32H38N8O3/c1-22-5-3-6-24(34-22)21-39-27-8-4-7-26(30(27)31(36-39)23-9-10-23)35-32(41)28-20-33-29-19-25(11-12-38(28)29)43-18-15-37-13-16-40(2,42)17-14-37/h3-8,11-12,19-20,23,26,30,42H,9-10,13-18,21H2,1-2H3/p+1. The SMILES string of the molecule is Cc1cccc(CN2N=C(C3CC3)C3C2=CC=CC3NC(=O)c2cnc3cc(OCCN4CC[N+](C)(O)CC4)ccn23)n1. The van der Waals surface area contributed by atoms with Crippen molar-refractivity contribution in [2.45, 2.75) is 32.4 Å². The molecule has 11 heteroatoms. The van der Waals surface area contributed by atoms with Crippen molar-refractivity contribution >= 4 is 17.3 Å². The van der Waals surface area contributed by atoms with Gasteiger partial charge in [-0.15, -0.1) is 0 Å². The molecule has 5 heterocycles. The van der Waals surface area contributed by atoms with Crippen LogP contribution in [0.15, 0.2) is 71.8 Å². The van der Waals surface area contributed by atoms with E-state index in [0.29, 0.717) is 36.2 Å². The van der Waals surface area contributed by atoms with Crippen molar-refractivity contribution < 1.29 is 19.4 Å². The topological polar surface area (TPSA) is 108 Å². The summed E-state index contributed by atoms with van der Waals surface area (Å²) in [6.07, 6.45) is 11.9. The average molecular weight is 584 g/mol. The van der Waals surface area contributed by atoms with Gasteiger partial charge in [0.1, 0.15) is 36.8 Å². The number of aromatic nitrogens is 3. The number of ether oxygens (including phenoxy) is 1. The molecule has 0 bridgehead atoms.